The highest BCUT2D eigenvalue weighted by molar-refractivity contribution is 5.67. The number of aryl methyl sites for hydroxylation is 2. The molecule has 0 spiro atoms. The molecule has 0 saturated carbocycles. The van der Waals surface area contributed by atoms with Crippen molar-refractivity contribution in [1.29, 1.82) is 0 Å². The van der Waals surface area contributed by atoms with Gasteiger partial charge in [-0.15, -0.1) is 0 Å². The summed E-state index contributed by atoms with van der Waals surface area (Å²) >= 11 is 0. The average molecular weight is 264 g/mol. The molecule has 1 aromatic rings. The van der Waals surface area contributed by atoms with Crippen molar-refractivity contribution in [2.75, 3.05) is 25.6 Å². The van der Waals surface area contributed by atoms with Crippen molar-refractivity contribution in [2.45, 2.75) is 46.6 Å². The quantitative estimate of drug-likeness (QED) is 0.857. The van der Waals surface area contributed by atoms with Gasteiger partial charge >= 0.3 is 0 Å². The van der Waals surface area contributed by atoms with Crippen LogP contribution in [-0.2, 0) is 0 Å². The topological polar surface area (TPSA) is 38.5 Å². The molecule has 0 heterocycles. The highest BCUT2D eigenvalue weighted by Gasteiger charge is 2.15. The molecule has 3 nitrogen and oxygen atoms in total. The minimum absolute atomic E-state index is 0.274. The van der Waals surface area contributed by atoms with Gasteiger partial charge in [-0.25, -0.2) is 0 Å². The van der Waals surface area contributed by atoms with Crippen LogP contribution < -0.4 is 15.4 Å². The number of hydrogen-bond acceptors (Lipinski definition) is 3. The van der Waals surface area contributed by atoms with Gasteiger partial charge in [0.2, 0.25) is 0 Å². The number of hydrogen-bond donors (Lipinski definition) is 1. The molecule has 0 aliphatic heterocycles. The van der Waals surface area contributed by atoms with Gasteiger partial charge in [-0.05, 0) is 57.2 Å². The molecule has 0 fully saturated rings. The summed E-state index contributed by atoms with van der Waals surface area (Å²) in [6, 6.07) is 2.51. The highest BCUT2D eigenvalue weighted by Crippen LogP contribution is 2.36. The fraction of sp³-hybridized carbons (Fsp3) is 0.625. The first-order valence-corrected chi connectivity index (χ1v) is 7.00. The SMILES string of the molecule is COc1c(C)c(C)cc(C)c1N(C)CCCC(C)N. The smallest absolute Gasteiger partial charge is 0.145 e. The van der Waals surface area contributed by atoms with Crippen molar-refractivity contribution in [1.82, 2.24) is 0 Å². The van der Waals surface area contributed by atoms with E-state index >= 15 is 0 Å². The third-order valence-corrected chi connectivity index (χ3v) is 3.69. The van der Waals surface area contributed by atoms with Crippen LogP contribution in [0, 0.1) is 20.8 Å². The summed E-state index contributed by atoms with van der Waals surface area (Å²) in [5.41, 5.74) is 10.8. The summed E-state index contributed by atoms with van der Waals surface area (Å²) in [6.07, 6.45) is 2.15. The van der Waals surface area contributed by atoms with Crippen LogP contribution in [0.5, 0.6) is 5.75 Å². The van der Waals surface area contributed by atoms with E-state index in [4.69, 9.17) is 10.5 Å². The van der Waals surface area contributed by atoms with Crippen LogP contribution in [0.1, 0.15) is 36.5 Å². The molecule has 1 rings (SSSR count). The van der Waals surface area contributed by atoms with Crippen LogP contribution in [0.25, 0.3) is 0 Å². The van der Waals surface area contributed by atoms with Gasteiger partial charge in [0.1, 0.15) is 5.75 Å². The molecule has 0 aliphatic rings. The standard InChI is InChI=1S/C16H28N2O/c1-11-10-12(2)15(16(19-6)14(11)4)18(5)9-7-8-13(3)17/h10,13H,7-9,17H2,1-6H3. The minimum Gasteiger partial charge on any atom is -0.494 e. The van der Waals surface area contributed by atoms with Crippen LogP contribution >= 0.6 is 0 Å². The van der Waals surface area contributed by atoms with E-state index in [1.54, 1.807) is 7.11 Å². The fourth-order valence-electron chi connectivity index (χ4n) is 2.52. The Hall–Kier alpha value is -1.22. The van der Waals surface area contributed by atoms with Crippen molar-refractivity contribution in [3.8, 4) is 5.75 Å². The van der Waals surface area contributed by atoms with Gasteiger partial charge in [-0.3, -0.25) is 0 Å². The third kappa shape index (κ3) is 3.87. The van der Waals surface area contributed by atoms with Gasteiger partial charge < -0.3 is 15.4 Å². The van der Waals surface area contributed by atoms with Crippen molar-refractivity contribution >= 4 is 5.69 Å². The summed E-state index contributed by atoms with van der Waals surface area (Å²) in [7, 11) is 3.88. The monoisotopic (exact) mass is 264 g/mol. The highest BCUT2D eigenvalue weighted by atomic mass is 16.5. The maximum atomic E-state index is 5.80. The second kappa shape index (κ2) is 6.80. The largest absolute Gasteiger partial charge is 0.494 e. The van der Waals surface area contributed by atoms with Crippen LogP contribution in [0.4, 0.5) is 5.69 Å². The number of ether oxygens (including phenoxy) is 1. The Morgan fingerprint density at radius 2 is 1.89 bits per heavy atom. The molecule has 3 heteroatoms. The normalized spacial score (nSPS) is 12.4. The predicted octanol–water partition coefficient (Wildman–Crippen LogP) is 3.18. The van der Waals surface area contributed by atoms with Gasteiger partial charge in [-0.2, -0.15) is 0 Å². The van der Waals surface area contributed by atoms with Gasteiger partial charge in [0.25, 0.3) is 0 Å². The number of methoxy groups -OCH3 is 1. The molecule has 0 saturated heterocycles. The Labute approximate surface area is 117 Å². The molecule has 0 radical (unpaired) electrons. The van der Waals surface area contributed by atoms with Crippen LogP contribution in [0.3, 0.4) is 0 Å². The maximum absolute atomic E-state index is 5.80. The second-order valence-corrected chi connectivity index (χ2v) is 5.56. The lowest BCUT2D eigenvalue weighted by Gasteiger charge is -2.26. The Balaban J connectivity index is 2.95. The Kier molecular flexibility index (Phi) is 5.67. The predicted molar refractivity (Wildman–Crippen MR) is 83.4 cm³/mol. The Morgan fingerprint density at radius 3 is 2.42 bits per heavy atom. The molecule has 2 N–H and O–H groups in total. The second-order valence-electron chi connectivity index (χ2n) is 5.56. The fourth-order valence-corrected chi connectivity index (χ4v) is 2.52. The van der Waals surface area contributed by atoms with Crippen molar-refractivity contribution < 1.29 is 4.74 Å². The summed E-state index contributed by atoms with van der Waals surface area (Å²) in [5.74, 6) is 1.00. The first-order chi connectivity index (χ1) is 8.88. The van der Waals surface area contributed by atoms with Gasteiger partial charge in [0.05, 0.1) is 12.8 Å². The lowest BCUT2D eigenvalue weighted by Crippen LogP contribution is -2.23. The van der Waals surface area contributed by atoms with Crippen molar-refractivity contribution in [3.63, 3.8) is 0 Å². The summed E-state index contributed by atoms with van der Waals surface area (Å²) in [4.78, 5) is 2.28. The van der Waals surface area contributed by atoms with Crippen LogP contribution in [0.2, 0.25) is 0 Å². The lowest BCUT2D eigenvalue weighted by molar-refractivity contribution is 0.411. The number of nitrogens with zero attached hydrogens (tertiary/aromatic N) is 1. The average Bonchev–Trinajstić information content (AvgIpc) is 2.32. The van der Waals surface area contributed by atoms with Gasteiger partial charge in [-0.1, -0.05) is 6.07 Å². The molecular weight excluding hydrogens is 236 g/mol. The molecule has 1 aromatic carbocycles. The molecular formula is C16H28N2O. The molecule has 0 amide bonds. The van der Waals surface area contributed by atoms with E-state index in [0.29, 0.717) is 0 Å². The number of benzene rings is 1. The number of nitrogens with two attached hydrogens (primary N) is 1. The number of rotatable bonds is 6. The van der Waals surface area contributed by atoms with E-state index in [1.165, 1.54) is 22.4 Å². The Bertz CT molecular complexity index is 427. The van der Waals surface area contributed by atoms with E-state index in [-0.39, 0.29) is 6.04 Å². The van der Waals surface area contributed by atoms with E-state index in [2.05, 4.69) is 45.7 Å². The molecule has 0 bridgehead atoms. The third-order valence-electron chi connectivity index (χ3n) is 3.69. The molecule has 1 atom stereocenters. The number of anilines is 1. The molecule has 19 heavy (non-hydrogen) atoms. The van der Waals surface area contributed by atoms with Gasteiger partial charge in [0.15, 0.2) is 0 Å². The Morgan fingerprint density at radius 1 is 1.26 bits per heavy atom. The van der Waals surface area contributed by atoms with Crippen LogP contribution in [-0.4, -0.2) is 26.7 Å². The summed E-state index contributed by atoms with van der Waals surface area (Å²) in [6.45, 7) is 9.45. The van der Waals surface area contributed by atoms with E-state index in [1.807, 2.05) is 0 Å². The first kappa shape index (κ1) is 15.8. The van der Waals surface area contributed by atoms with Gasteiger partial charge in [0, 0.05) is 19.6 Å². The molecule has 0 aromatic heterocycles. The van der Waals surface area contributed by atoms with Crippen LogP contribution in [0.15, 0.2) is 6.07 Å². The minimum atomic E-state index is 0.274. The van der Waals surface area contributed by atoms with Crippen molar-refractivity contribution in [3.05, 3.63) is 22.8 Å². The van der Waals surface area contributed by atoms with E-state index in [9.17, 15) is 0 Å². The zero-order valence-corrected chi connectivity index (χ0v) is 13.2. The molecule has 108 valence electrons. The maximum Gasteiger partial charge on any atom is 0.145 e. The summed E-state index contributed by atoms with van der Waals surface area (Å²) in [5, 5.41) is 0. The molecule has 0 aliphatic carbocycles. The van der Waals surface area contributed by atoms with Crippen molar-refractivity contribution in [2.24, 2.45) is 5.73 Å². The first-order valence-electron chi connectivity index (χ1n) is 7.00. The van der Waals surface area contributed by atoms with E-state index < -0.39 is 0 Å². The lowest BCUT2D eigenvalue weighted by atomic mass is 10.0. The zero-order chi connectivity index (χ0) is 14.6. The molecule has 1 unspecified atom stereocenters. The summed E-state index contributed by atoms with van der Waals surface area (Å²) < 4.78 is 5.62. The zero-order valence-electron chi connectivity index (χ0n) is 13.2. The van der Waals surface area contributed by atoms with E-state index in [0.717, 1.165) is 25.1 Å².